The van der Waals surface area contributed by atoms with Gasteiger partial charge in [0.2, 0.25) is 0 Å². The number of aromatic nitrogens is 2. The van der Waals surface area contributed by atoms with E-state index in [1.807, 2.05) is 18.7 Å². The standard InChI is InChI=1S/C10H17BrN2/c1-8-5-9(13(4)12-8)6-10(2,3)7-11/h5H,6-7H2,1-4H3. The predicted molar refractivity (Wildman–Crippen MR) is 59.2 cm³/mol. The summed E-state index contributed by atoms with van der Waals surface area (Å²) in [5.74, 6) is 0. The Bertz CT molecular complexity index is 289. The summed E-state index contributed by atoms with van der Waals surface area (Å²) in [4.78, 5) is 0. The van der Waals surface area contributed by atoms with Gasteiger partial charge in [0.05, 0.1) is 5.69 Å². The fourth-order valence-electron chi connectivity index (χ4n) is 1.37. The van der Waals surface area contributed by atoms with Gasteiger partial charge in [0.1, 0.15) is 0 Å². The Balaban J connectivity index is 2.79. The van der Waals surface area contributed by atoms with Crippen LogP contribution in [0.5, 0.6) is 0 Å². The summed E-state index contributed by atoms with van der Waals surface area (Å²) in [6.07, 6.45) is 1.07. The minimum absolute atomic E-state index is 0.306. The van der Waals surface area contributed by atoms with Crippen LogP contribution in [0.4, 0.5) is 0 Å². The van der Waals surface area contributed by atoms with E-state index in [2.05, 4.69) is 40.9 Å². The van der Waals surface area contributed by atoms with Crippen LogP contribution >= 0.6 is 15.9 Å². The van der Waals surface area contributed by atoms with E-state index in [0.29, 0.717) is 5.41 Å². The first-order valence-corrected chi connectivity index (χ1v) is 5.62. The maximum absolute atomic E-state index is 4.33. The third-order valence-corrected chi connectivity index (χ3v) is 3.64. The number of alkyl halides is 1. The Morgan fingerprint density at radius 2 is 2.15 bits per heavy atom. The molecule has 13 heavy (non-hydrogen) atoms. The van der Waals surface area contributed by atoms with Gasteiger partial charge in [-0.2, -0.15) is 5.10 Å². The average Bonchev–Trinajstić information content (AvgIpc) is 2.30. The number of nitrogens with zero attached hydrogens (tertiary/aromatic N) is 2. The van der Waals surface area contributed by atoms with Crippen molar-refractivity contribution in [2.24, 2.45) is 12.5 Å². The largest absolute Gasteiger partial charge is 0.272 e. The fraction of sp³-hybridized carbons (Fsp3) is 0.700. The van der Waals surface area contributed by atoms with Crippen molar-refractivity contribution in [2.45, 2.75) is 27.2 Å². The molecule has 0 N–H and O–H groups in total. The zero-order valence-corrected chi connectivity index (χ0v) is 10.3. The molecule has 0 aliphatic carbocycles. The highest BCUT2D eigenvalue weighted by molar-refractivity contribution is 9.09. The molecule has 0 atom stereocenters. The van der Waals surface area contributed by atoms with Crippen LogP contribution in [0.25, 0.3) is 0 Å². The van der Waals surface area contributed by atoms with Gasteiger partial charge in [0.15, 0.2) is 0 Å². The van der Waals surface area contributed by atoms with Crippen molar-refractivity contribution < 1.29 is 0 Å². The maximum atomic E-state index is 4.33. The Labute approximate surface area is 88.5 Å². The number of hydrogen-bond acceptors (Lipinski definition) is 1. The van der Waals surface area contributed by atoms with Crippen LogP contribution in [0.2, 0.25) is 0 Å². The number of rotatable bonds is 3. The van der Waals surface area contributed by atoms with Gasteiger partial charge in [0.25, 0.3) is 0 Å². The molecular formula is C10H17BrN2. The molecule has 0 fully saturated rings. The molecule has 0 spiro atoms. The molecule has 0 amide bonds. The summed E-state index contributed by atoms with van der Waals surface area (Å²) in [6.45, 7) is 6.54. The highest BCUT2D eigenvalue weighted by Gasteiger charge is 2.18. The lowest BCUT2D eigenvalue weighted by Gasteiger charge is -2.21. The maximum Gasteiger partial charge on any atom is 0.0596 e. The van der Waals surface area contributed by atoms with E-state index in [4.69, 9.17) is 0 Å². The topological polar surface area (TPSA) is 17.8 Å². The highest BCUT2D eigenvalue weighted by Crippen LogP contribution is 2.23. The summed E-state index contributed by atoms with van der Waals surface area (Å²) in [5, 5.41) is 5.35. The third kappa shape index (κ3) is 2.83. The van der Waals surface area contributed by atoms with Crippen molar-refractivity contribution in [3.8, 4) is 0 Å². The second-order valence-corrected chi connectivity index (χ2v) is 4.94. The fourth-order valence-corrected chi connectivity index (χ4v) is 1.57. The van der Waals surface area contributed by atoms with Crippen molar-refractivity contribution in [1.82, 2.24) is 9.78 Å². The molecular weight excluding hydrogens is 228 g/mol. The van der Waals surface area contributed by atoms with E-state index in [0.717, 1.165) is 17.4 Å². The second-order valence-electron chi connectivity index (χ2n) is 4.38. The molecule has 1 heterocycles. The monoisotopic (exact) mass is 244 g/mol. The van der Waals surface area contributed by atoms with Crippen molar-refractivity contribution in [2.75, 3.05) is 5.33 Å². The highest BCUT2D eigenvalue weighted by atomic mass is 79.9. The smallest absolute Gasteiger partial charge is 0.0596 e. The van der Waals surface area contributed by atoms with Gasteiger partial charge in [-0.15, -0.1) is 0 Å². The van der Waals surface area contributed by atoms with Crippen molar-refractivity contribution >= 4 is 15.9 Å². The van der Waals surface area contributed by atoms with Crippen LogP contribution in [0.1, 0.15) is 25.2 Å². The zero-order chi connectivity index (χ0) is 10.1. The molecule has 1 aromatic heterocycles. The van der Waals surface area contributed by atoms with Crippen molar-refractivity contribution in [3.05, 3.63) is 17.5 Å². The Morgan fingerprint density at radius 1 is 1.54 bits per heavy atom. The Kier molecular flexibility index (Phi) is 3.17. The zero-order valence-electron chi connectivity index (χ0n) is 8.76. The van der Waals surface area contributed by atoms with Crippen LogP contribution in [-0.4, -0.2) is 15.1 Å². The third-order valence-electron chi connectivity index (χ3n) is 2.12. The van der Waals surface area contributed by atoms with Crippen molar-refractivity contribution in [1.29, 1.82) is 0 Å². The molecule has 2 nitrogen and oxygen atoms in total. The van der Waals surface area contributed by atoms with E-state index >= 15 is 0 Å². The number of aryl methyl sites for hydroxylation is 2. The molecule has 1 rings (SSSR count). The summed E-state index contributed by atoms with van der Waals surface area (Å²) in [6, 6.07) is 2.16. The molecule has 0 unspecified atom stereocenters. The number of halogens is 1. The normalized spacial score (nSPS) is 12.1. The van der Waals surface area contributed by atoms with Crippen LogP contribution in [-0.2, 0) is 13.5 Å². The Morgan fingerprint density at radius 3 is 2.54 bits per heavy atom. The molecule has 0 aromatic carbocycles. The molecule has 3 heteroatoms. The SMILES string of the molecule is Cc1cc(CC(C)(C)CBr)n(C)n1. The van der Waals surface area contributed by atoms with Crippen LogP contribution < -0.4 is 0 Å². The van der Waals surface area contributed by atoms with E-state index in [1.165, 1.54) is 5.69 Å². The summed E-state index contributed by atoms with van der Waals surface area (Å²) in [7, 11) is 2.01. The first-order chi connectivity index (χ1) is 5.94. The van der Waals surface area contributed by atoms with Crippen LogP contribution in [0.3, 0.4) is 0 Å². The number of hydrogen-bond donors (Lipinski definition) is 0. The van der Waals surface area contributed by atoms with E-state index in [9.17, 15) is 0 Å². The van der Waals surface area contributed by atoms with E-state index in [1.54, 1.807) is 0 Å². The quantitative estimate of drug-likeness (QED) is 0.748. The minimum Gasteiger partial charge on any atom is -0.272 e. The van der Waals surface area contributed by atoms with E-state index < -0.39 is 0 Å². The Hall–Kier alpha value is -0.310. The average molecular weight is 245 g/mol. The second kappa shape index (κ2) is 3.82. The van der Waals surface area contributed by atoms with Gasteiger partial charge in [-0.25, -0.2) is 0 Å². The van der Waals surface area contributed by atoms with Gasteiger partial charge in [0, 0.05) is 18.1 Å². The molecule has 0 saturated carbocycles. The summed E-state index contributed by atoms with van der Waals surface area (Å²) >= 11 is 3.53. The van der Waals surface area contributed by atoms with Gasteiger partial charge < -0.3 is 0 Å². The molecule has 0 bridgehead atoms. The minimum atomic E-state index is 0.306. The van der Waals surface area contributed by atoms with Crippen LogP contribution in [0, 0.1) is 12.3 Å². The van der Waals surface area contributed by atoms with Crippen molar-refractivity contribution in [3.63, 3.8) is 0 Å². The lowest BCUT2D eigenvalue weighted by Crippen LogP contribution is -2.18. The van der Waals surface area contributed by atoms with Gasteiger partial charge in [-0.05, 0) is 24.8 Å². The molecule has 74 valence electrons. The molecule has 0 radical (unpaired) electrons. The molecule has 0 saturated heterocycles. The van der Waals surface area contributed by atoms with E-state index in [-0.39, 0.29) is 0 Å². The summed E-state index contributed by atoms with van der Waals surface area (Å²) in [5.41, 5.74) is 2.71. The molecule has 0 aliphatic rings. The van der Waals surface area contributed by atoms with Gasteiger partial charge >= 0.3 is 0 Å². The van der Waals surface area contributed by atoms with Gasteiger partial charge in [-0.3, -0.25) is 4.68 Å². The van der Waals surface area contributed by atoms with Crippen LogP contribution in [0.15, 0.2) is 6.07 Å². The molecule has 1 aromatic rings. The predicted octanol–water partition coefficient (Wildman–Crippen LogP) is 2.69. The molecule has 0 aliphatic heterocycles. The summed E-state index contributed by atoms with van der Waals surface area (Å²) < 4.78 is 1.97. The first-order valence-electron chi connectivity index (χ1n) is 4.50. The first kappa shape index (κ1) is 10.8. The lowest BCUT2D eigenvalue weighted by atomic mass is 9.90. The lowest BCUT2D eigenvalue weighted by molar-refractivity contribution is 0.410. The van der Waals surface area contributed by atoms with Gasteiger partial charge in [-0.1, -0.05) is 29.8 Å².